The molecule has 0 atom stereocenters. The zero-order chi connectivity index (χ0) is 37.3. The molecule has 0 spiro atoms. The molecule has 0 radical (unpaired) electrons. The Morgan fingerprint density at radius 1 is 0.321 bits per heavy atom. The van der Waals surface area contributed by atoms with Crippen LogP contribution >= 0.6 is 0 Å². The van der Waals surface area contributed by atoms with Crippen LogP contribution in [0.5, 0.6) is 11.5 Å². The van der Waals surface area contributed by atoms with Crippen molar-refractivity contribution in [1.82, 2.24) is 9.97 Å². The van der Waals surface area contributed by atoms with Crippen molar-refractivity contribution in [3.05, 3.63) is 241 Å². The average molecular weight is 717 g/mol. The van der Waals surface area contributed by atoms with Crippen molar-refractivity contribution in [2.75, 3.05) is 0 Å². The lowest BCUT2D eigenvalue weighted by atomic mass is 9.62. The second kappa shape index (κ2) is 14.1. The summed E-state index contributed by atoms with van der Waals surface area (Å²) in [6.45, 7) is 0. The first-order valence-corrected chi connectivity index (χ1v) is 19.0. The molecular weight excluding hydrogens is 681 g/mol. The van der Waals surface area contributed by atoms with Crippen LogP contribution in [0.1, 0.15) is 22.3 Å². The van der Waals surface area contributed by atoms with Crippen LogP contribution in [-0.2, 0) is 5.41 Å². The van der Waals surface area contributed by atoms with E-state index in [0.717, 1.165) is 73.0 Å². The van der Waals surface area contributed by atoms with E-state index in [0.29, 0.717) is 5.82 Å². The van der Waals surface area contributed by atoms with E-state index in [9.17, 15) is 0 Å². The van der Waals surface area contributed by atoms with Crippen molar-refractivity contribution in [2.24, 2.45) is 0 Å². The third-order valence-electron chi connectivity index (χ3n) is 10.9. The summed E-state index contributed by atoms with van der Waals surface area (Å²) < 4.78 is 6.61. The number of rotatable bonds is 7. The SMILES string of the molecule is c1ccc(-c2cc(-c3ccccc3-c3ccccc3)nc(-c3cccc(-c4ccccc4C4(c5ccccc5)c5ccccc5Oc5ccccc54)c3)n2)cc1. The standard InChI is InChI=1S/C53H36N2O/c1-4-19-37(20-5-1)42-27-10-11-29-44(42)49-36-48(38-21-6-2-7-22-38)54-52(55-49)40-24-18-23-39(35-40)43-28-12-13-30-45(43)53(41-25-8-3-9-26-41)46-31-14-16-33-50(46)56-51-34-17-15-32-47(51)53/h1-36H. The van der Waals surface area contributed by atoms with E-state index in [1.807, 2.05) is 18.2 Å². The predicted octanol–water partition coefficient (Wildman–Crippen LogP) is 13.3. The Kier molecular flexibility index (Phi) is 8.38. The molecule has 264 valence electrons. The second-order valence-electron chi connectivity index (χ2n) is 14.1. The first-order valence-electron chi connectivity index (χ1n) is 19.0. The maximum Gasteiger partial charge on any atom is 0.160 e. The van der Waals surface area contributed by atoms with Crippen molar-refractivity contribution < 1.29 is 4.74 Å². The van der Waals surface area contributed by atoms with Crippen molar-refractivity contribution in [1.29, 1.82) is 0 Å². The van der Waals surface area contributed by atoms with Crippen LogP contribution in [0.4, 0.5) is 0 Å². The van der Waals surface area contributed by atoms with E-state index in [4.69, 9.17) is 14.7 Å². The van der Waals surface area contributed by atoms with Crippen LogP contribution in [0.25, 0.3) is 56.2 Å². The topological polar surface area (TPSA) is 35.0 Å². The Bertz CT molecular complexity index is 2790. The molecule has 0 aliphatic carbocycles. The van der Waals surface area contributed by atoms with Gasteiger partial charge in [-0.05, 0) is 57.6 Å². The summed E-state index contributed by atoms with van der Waals surface area (Å²) in [4.78, 5) is 10.6. The van der Waals surface area contributed by atoms with Gasteiger partial charge in [0.2, 0.25) is 0 Å². The van der Waals surface area contributed by atoms with Crippen molar-refractivity contribution in [3.63, 3.8) is 0 Å². The van der Waals surface area contributed by atoms with Crippen LogP contribution in [0.2, 0.25) is 0 Å². The fraction of sp³-hybridized carbons (Fsp3) is 0.0189. The molecule has 2 heterocycles. The molecule has 0 bridgehead atoms. The maximum absolute atomic E-state index is 6.61. The van der Waals surface area contributed by atoms with Crippen molar-refractivity contribution in [3.8, 4) is 67.7 Å². The molecule has 1 aliphatic heterocycles. The summed E-state index contributed by atoms with van der Waals surface area (Å²) in [5, 5.41) is 0. The summed E-state index contributed by atoms with van der Waals surface area (Å²) >= 11 is 0. The van der Waals surface area contributed by atoms with Crippen molar-refractivity contribution >= 4 is 0 Å². The Labute approximate surface area is 327 Å². The molecule has 9 aromatic rings. The van der Waals surface area contributed by atoms with E-state index >= 15 is 0 Å². The second-order valence-corrected chi connectivity index (χ2v) is 14.1. The van der Waals surface area contributed by atoms with E-state index in [1.165, 1.54) is 11.1 Å². The molecule has 8 aromatic carbocycles. The lowest BCUT2D eigenvalue weighted by Crippen LogP contribution is -2.34. The van der Waals surface area contributed by atoms with Crippen molar-refractivity contribution in [2.45, 2.75) is 5.41 Å². The summed E-state index contributed by atoms with van der Waals surface area (Å²) in [6.07, 6.45) is 0. The smallest absolute Gasteiger partial charge is 0.160 e. The minimum atomic E-state index is -0.655. The molecule has 1 aromatic heterocycles. The largest absolute Gasteiger partial charge is 0.457 e. The summed E-state index contributed by atoms with van der Waals surface area (Å²) in [7, 11) is 0. The third-order valence-corrected chi connectivity index (χ3v) is 10.9. The van der Waals surface area contributed by atoms with E-state index in [-0.39, 0.29) is 0 Å². The molecule has 0 saturated carbocycles. The zero-order valence-electron chi connectivity index (χ0n) is 30.6. The summed E-state index contributed by atoms with van der Waals surface area (Å²) in [5.74, 6) is 2.38. The quantitative estimate of drug-likeness (QED) is 0.165. The average Bonchev–Trinajstić information content (AvgIpc) is 3.29. The van der Waals surface area contributed by atoms with Gasteiger partial charge in [-0.3, -0.25) is 0 Å². The highest BCUT2D eigenvalue weighted by Crippen LogP contribution is 2.56. The van der Waals surface area contributed by atoms with Gasteiger partial charge in [-0.1, -0.05) is 194 Å². The highest BCUT2D eigenvalue weighted by atomic mass is 16.5. The van der Waals surface area contributed by atoms with Gasteiger partial charge in [0, 0.05) is 27.8 Å². The van der Waals surface area contributed by atoms with Gasteiger partial charge >= 0.3 is 0 Å². The normalized spacial score (nSPS) is 12.6. The number of ether oxygens (including phenoxy) is 1. The van der Waals surface area contributed by atoms with Crippen LogP contribution in [0.15, 0.2) is 218 Å². The van der Waals surface area contributed by atoms with Crippen LogP contribution in [0.3, 0.4) is 0 Å². The Hall–Kier alpha value is -7.36. The lowest BCUT2D eigenvalue weighted by molar-refractivity contribution is 0.434. The Morgan fingerprint density at radius 3 is 1.48 bits per heavy atom. The van der Waals surface area contributed by atoms with E-state index in [1.54, 1.807) is 0 Å². The van der Waals surface area contributed by atoms with E-state index < -0.39 is 5.41 Å². The summed E-state index contributed by atoms with van der Waals surface area (Å²) in [6, 6.07) is 76.7. The Morgan fingerprint density at radius 2 is 0.804 bits per heavy atom. The third kappa shape index (κ3) is 5.69. The molecule has 56 heavy (non-hydrogen) atoms. The first kappa shape index (κ1) is 33.2. The fourth-order valence-electron chi connectivity index (χ4n) is 8.37. The monoisotopic (exact) mass is 716 g/mol. The van der Waals surface area contributed by atoms with Gasteiger partial charge in [0.15, 0.2) is 5.82 Å². The van der Waals surface area contributed by atoms with Gasteiger partial charge in [-0.15, -0.1) is 0 Å². The van der Waals surface area contributed by atoms with Gasteiger partial charge in [0.1, 0.15) is 11.5 Å². The molecule has 0 amide bonds. The fourth-order valence-corrected chi connectivity index (χ4v) is 8.37. The maximum atomic E-state index is 6.61. The minimum absolute atomic E-state index is 0.655. The zero-order valence-corrected chi connectivity index (χ0v) is 30.6. The van der Waals surface area contributed by atoms with Gasteiger partial charge in [0.25, 0.3) is 0 Å². The number of para-hydroxylation sites is 2. The lowest BCUT2D eigenvalue weighted by Gasteiger charge is -2.42. The number of fused-ring (bicyclic) bond motifs is 2. The Balaban J connectivity index is 1.19. The molecule has 0 unspecified atom stereocenters. The van der Waals surface area contributed by atoms with Crippen LogP contribution in [-0.4, -0.2) is 9.97 Å². The number of benzene rings is 8. The highest BCUT2D eigenvalue weighted by molar-refractivity contribution is 5.85. The van der Waals surface area contributed by atoms with Crippen LogP contribution < -0.4 is 4.74 Å². The number of hydrogen-bond donors (Lipinski definition) is 0. The number of hydrogen-bond acceptors (Lipinski definition) is 3. The highest BCUT2D eigenvalue weighted by Gasteiger charge is 2.46. The molecule has 1 aliphatic rings. The van der Waals surface area contributed by atoms with Gasteiger partial charge in [-0.25, -0.2) is 9.97 Å². The molecule has 10 rings (SSSR count). The number of nitrogens with zero attached hydrogens (tertiary/aromatic N) is 2. The molecule has 0 N–H and O–H groups in total. The van der Waals surface area contributed by atoms with E-state index in [2.05, 4.69) is 200 Å². The molecule has 0 saturated heterocycles. The van der Waals surface area contributed by atoms with Gasteiger partial charge < -0.3 is 4.74 Å². The minimum Gasteiger partial charge on any atom is -0.457 e. The molecule has 0 fully saturated rings. The van der Waals surface area contributed by atoms with Gasteiger partial charge in [0.05, 0.1) is 16.8 Å². The molecule has 3 nitrogen and oxygen atoms in total. The summed E-state index contributed by atoms with van der Waals surface area (Å²) in [5.41, 5.74) is 13.2. The molecule has 3 heteroatoms. The first-order chi connectivity index (χ1) is 27.8. The molecular formula is C53H36N2O. The predicted molar refractivity (Wildman–Crippen MR) is 228 cm³/mol. The number of aromatic nitrogens is 2. The van der Waals surface area contributed by atoms with Gasteiger partial charge in [-0.2, -0.15) is 0 Å². The van der Waals surface area contributed by atoms with Crippen LogP contribution in [0, 0.1) is 0 Å².